The Bertz CT molecular complexity index is 841. The van der Waals surface area contributed by atoms with Gasteiger partial charge in [0.1, 0.15) is 0 Å². The first-order valence-electron chi connectivity index (χ1n) is 9.85. The van der Waals surface area contributed by atoms with E-state index < -0.39 is 0 Å². The molecule has 0 radical (unpaired) electrons. The fourth-order valence-electron chi connectivity index (χ4n) is 2.86. The molecular weight excluding hydrogens is 332 g/mol. The summed E-state index contributed by atoms with van der Waals surface area (Å²) < 4.78 is 1.94. The molecule has 1 aliphatic rings. The molecule has 0 amide bonds. The number of imidazole rings is 1. The van der Waals surface area contributed by atoms with E-state index in [9.17, 15) is 0 Å². The van der Waals surface area contributed by atoms with E-state index in [-0.39, 0.29) is 0 Å². The second-order valence-corrected chi connectivity index (χ2v) is 7.97. The van der Waals surface area contributed by atoms with Crippen LogP contribution in [0.3, 0.4) is 0 Å². The highest BCUT2D eigenvalue weighted by Gasteiger charge is 2.24. The topological polar surface area (TPSA) is 43.6 Å². The van der Waals surface area contributed by atoms with Gasteiger partial charge in [-0.3, -0.25) is 9.97 Å². The summed E-state index contributed by atoms with van der Waals surface area (Å²) in [5.74, 6) is 1.81. The highest BCUT2D eigenvalue weighted by Crippen LogP contribution is 2.39. The van der Waals surface area contributed by atoms with Crippen LogP contribution in [0, 0.1) is 0 Å². The number of hydrogen-bond donors (Lipinski definition) is 0. The zero-order valence-electron chi connectivity index (χ0n) is 17.1. The molecule has 3 aromatic rings. The molecule has 0 unspecified atom stereocenters. The summed E-state index contributed by atoms with van der Waals surface area (Å²) in [5, 5.41) is 0. The molecule has 1 saturated carbocycles. The maximum absolute atomic E-state index is 4.63. The van der Waals surface area contributed by atoms with Crippen molar-refractivity contribution in [1.82, 2.24) is 19.5 Å². The highest BCUT2D eigenvalue weighted by atomic mass is 15.0. The quantitative estimate of drug-likeness (QED) is 0.599. The van der Waals surface area contributed by atoms with E-state index in [1.54, 1.807) is 6.33 Å². The SMILES string of the molecule is CC(C)c1ccc(-c2cn(C)cn2)cn1.CC(C)c1cccc(C2CC2)n1. The van der Waals surface area contributed by atoms with Gasteiger partial charge >= 0.3 is 0 Å². The van der Waals surface area contributed by atoms with Crippen LogP contribution in [-0.4, -0.2) is 19.5 Å². The number of hydrogen-bond acceptors (Lipinski definition) is 3. The van der Waals surface area contributed by atoms with Crippen LogP contribution in [0.1, 0.15) is 75.4 Å². The van der Waals surface area contributed by atoms with Gasteiger partial charge in [0.05, 0.1) is 12.0 Å². The molecule has 0 aliphatic heterocycles. The maximum Gasteiger partial charge on any atom is 0.0951 e. The first-order valence-corrected chi connectivity index (χ1v) is 9.85. The van der Waals surface area contributed by atoms with Crippen molar-refractivity contribution in [3.05, 3.63) is 66.1 Å². The number of pyridine rings is 2. The number of aryl methyl sites for hydroxylation is 1. The third kappa shape index (κ3) is 5.25. The fourth-order valence-corrected chi connectivity index (χ4v) is 2.86. The van der Waals surface area contributed by atoms with Crippen molar-refractivity contribution in [3.63, 3.8) is 0 Å². The second-order valence-electron chi connectivity index (χ2n) is 7.97. The van der Waals surface area contributed by atoms with Gasteiger partial charge in [0.25, 0.3) is 0 Å². The van der Waals surface area contributed by atoms with Crippen LogP contribution in [0.15, 0.2) is 49.1 Å². The van der Waals surface area contributed by atoms with Gasteiger partial charge in [-0.15, -0.1) is 0 Å². The molecule has 0 saturated heterocycles. The Balaban J connectivity index is 0.000000159. The zero-order chi connectivity index (χ0) is 19.4. The minimum atomic E-state index is 0.475. The van der Waals surface area contributed by atoms with E-state index in [2.05, 4.69) is 73.0 Å². The van der Waals surface area contributed by atoms with Gasteiger partial charge < -0.3 is 4.57 Å². The summed E-state index contributed by atoms with van der Waals surface area (Å²) >= 11 is 0. The Hall–Kier alpha value is -2.49. The molecular formula is C23H30N4. The van der Waals surface area contributed by atoms with Gasteiger partial charge in [-0.1, -0.05) is 33.8 Å². The van der Waals surface area contributed by atoms with Crippen LogP contribution >= 0.6 is 0 Å². The van der Waals surface area contributed by atoms with E-state index in [4.69, 9.17) is 0 Å². The third-order valence-corrected chi connectivity index (χ3v) is 4.76. The second kappa shape index (κ2) is 8.47. The molecule has 4 rings (SSSR count). The van der Waals surface area contributed by atoms with Crippen molar-refractivity contribution >= 4 is 0 Å². The Morgan fingerprint density at radius 1 is 0.926 bits per heavy atom. The van der Waals surface area contributed by atoms with Crippen LogP contribution in [-0.2, 0) is 7.05 Å². The Morgan fingerprint density at radius 2 is 1.67 bits per heavy atom. The monoisotopic (exact) mass is 362 g/mol. The van der Waals surface area contributed by atoms with Crippen LogP contribution < -0.4 is 0 Å². The molecule has 4 heteroatoms. The zero-order valence-corrected chi connectivity index (χ0v) is 17.1. The van der Waals surface area contributed by atoms with Crippen molar-refractivity contribution < 1.29 is 0 Å². The molecule has 0 atom stereocenters. The summed E-state index contributed by atoms with van der Waals surface area (Å²) in [6, 6.07) is 10.6. The standard InChI is InChI=1S/C12H15N3.C11H15N/c1-9(2)11-5-4-10(6-13-11)12-7-15(3)8-14-12;1-8(2)10-4-3-5-11(12-10)9-6-7-9/h4-9H,1-3H3;3-5,8-9H,6-7H2,1-2H3. The number of aromatic nitrogens is 4. The Labute approximate surface area is 162 Å². The van der Waals surface area contributed by atoms with Crippen molar-refractivity contribution in [2.45, 2.75) is 58.3 Å². The van der Waals surface area contributed by atoms with E-state index in [0.717, 1.165) is 22.9 Å². The fraction of sp³-hybridized carbons (Fsp3) is 0.435. The summed E-state index contributed by atoms with van der Waals surface area (Å²) in [7, 11) is 1.96. The van der Waals surface area contributed by atoms with Crippen molar-refractivity contribution in [3.8, 4) is 11.3 Å². The highest BCUT2D eigenvalue weighted by molar-refractivity contribution is 5.56. The van der Waals surface area contributed by atoms with Crippen molar-refractivity contribution in [2.75, 3.05) is 0 Å². The first kappa shape index (κ1) is 19.3. The smallest absolute Gasteiger partial charge is 0.0951 e. The average molecular weight is 363 g/mol. The van der Waals surface area contributed by atoms with Gasteiger partial charge in [0.2, 0.25) is 0 Å². The molecule has 27 heavy (non-hydrogen) atoms. The van der Waals surface area contributed by atoms with E-state index in [0.29, 0.717) is 11.8 Å². The molecule has 4 nitrogen and oxygen atoms in total. The predicted molar refractivity (Wildman–Crippen MR) is 111 cm³/mol. The molecule has 3 aromatic heterocycles. The lowest BCUT2D eigenvalue weighted by Crippen LogP contribution is -1.95. The molecule has 3 heterocycles. The van der Waals surface area contributed by atoms with Crippen molar-refractivity contribution in [1.29, 1.82) is 0 Å². The summed E-state index contributed by atoms with van der Waals surface area (Å²) in [4.78, 5) is 13.3. The van der Waals surface area contributed by atoms with Crippen LogP contribution in [0.2, 0.25) is 0 Å². The lowest BCUT2D eigenvalue weighted by Gasteiger charge is -2.05. The van der Waals surface area contributed by atoms with Crippen molar-refractivity contribution in [2.24, 2.45) is 7.05 Å². The number of nitrogens with zero attached hydrogens (tertiary/aromatic N) is 4. The minimum absolute atomic E-state index is 0.475. The molecule has 1 fully saturated rings. The first-order chi connectivity index (χ1) is 12.9. The Morgan fingerprint density at radius 3 is 2.19 bits per heavy atom. The van der Waals surface area contributed by atoms with E-state index in [1.807, 2.05) is 24.0 Å². The van der Waals surface area contributed by atoms with E-state index >= 15 is 0 Å². The van der Waals surface area contributed by atoms with Gasteiger partial charge in [0.15, 0.2) is 0 Å². The number of rotatable bonds is 4. The molecule has 0 N–H and O–H groups in total. The average Bonchev–Trinajstić information content (AvgIpc) is 3.43. The van der Waals surface area contributed by atoms with Crippen LogP contribution in [0.25, 0.3) is 11.3 Å². The third-order valence-electron chi connectivity index (χ3n) is 4.76. The molecule has 0 aromatic carbocycles. The summed E-state index contributed by atoms with van der Waals surface area (Å²) in [5.41, 5.74) is 5.70. The van der Waals surface area contributed by atoms with Gasteiger partial charge in [0, 0.05) is 48.0 Å². The largest absolute Gasteiger partial charge is 0.340 e. The predicted octanol–water partition coefficient (Wildman–Crippen LogP) is 5.69. The van der Waals surface area contributed by atoms with Crippen LogP contribution in [0.5, 0.6) is 0 Å². The maximum atomic E-state index is 4.63. The Kier molecular flexibility index (Phi) is 6.04. The molecule has 0 spiro atoms. The lowest BCUT2D eigenvalue weighted by atomic mass is 10.1. The summed E-state index contributed by atoms with van der Waals surface area (Å²) in [6.45, 7) is 8.67. The van der Waals surface area contributed by atoms with Gasteiger partial charge in [-0.05, 0) is 48.9 Å². The minimum Gasteiger partial charge on any atom is -0.340 e. The normalized spacial score (nSPS) is 13.6. The summed E-state index contributed by atoms with van der Waals surface area (Å²) in [6.07, 6.45) is 8.36. The molecule has 0 bridgehead atoms. The van der Waals surface area contributed by atoms with Gasteiger partial charge in [-0.25, -0.2) is 4.98 Å². The van der Waals surface area contributed by atoms with Gasteiger partial charge in [-0.2, -0.15) is 0 Å². The van der Waals surface area contributed by atoms with E-state index in [1.165, 1.54) is 24.2 Å². The molecule has 1 aliphatic carbocycles. The molecule has 142 valence electrons. The van der Waals surface area contributed by atoms with Crippen LogP contribution in [0.4, 0.5) is 0 Å². The lowest BCUT2D eigenvalue weighted by molar-refractivity contribution is 0.805.